The fourth-order valence-electron chi connectivity index (χ4n) is 6.25. The standard InChI is InChI=1S/C29H22ClNO3/c1-16-7-9-18(10-8-16)25-26(17(2)32)31-23-13-12-20(30)15-19(23)11-14-24(31)29(25)27(33)21-5-3-4-6-22(21)28(29)34/h3-15,24-26H,1-2H3/t24-,25-,26-/m0/s1. The molecule has 4 nitrogen and oxygen atoms in total. The number of carbonyl (C=O) groups excluding carboxylic acids is 3. The highest BCUT2D eigenvalue weighted by molar-refractivity contribution is 6.32. The Kier molecular flexibility index (Phi) is 4.49. The number of rotatable bonds is 2. The Morgan fingerprint density at radius 1 is 0.941 bits per heavy atom. The molecule has 0 amide bonds. The summed E-state index contributed by atoms with van der Waals surface area (Å²) in [5, 5.41) is 0.589. The molecular formula is C29H22ClNO3. The molecular weight excluding hydrogens is 446 g/mol. The first kappa shape index (κ1) is 21.1. The molecule has 3 atom stereocenters. The van der Waals surface area contributed by atoms with E-state index in [0.29, 0.717) is 16.1 Å². The van der Waals surface area contributed by atoms with E-state index >= 15 is 0 Å². The van der Waals surface area contributed by atoms with Crippen LogP contribution in [-0.2, 0) is 4.79 Å². The number of ketones is 3. The molecule has 3 aromatic carbocycles. The van der Waals surface area contributed by atoms with Crippen molar-refractivity contribution in [3.8, 4) is 0 Å². The quantitative estimate of drug-likeness (QED) is 0.455. The lowest BCUT2D eigenvalue weighted by Crippen LogP contribution is -2.48. The van der Waals surface area contributed by atoms with Gasteiger partial charge in [-0.2, -0.15) is 0 Å². The van der Waals surface area contributed by atoms with E-state index in [9.17, 15) is 14.4 Å². The van der Waals surface area contributed by atoms with Gasteiger partial charge < -0.3 is 4.90 Å². The minimum atomic E-state index is -1.43. The summed E-state index contributed by atoms with van der Waals surface area (Å²) in [6.07, 6.45) is 3.83. The molecule has 0 N–H and O–H groups in total. The predicted molar refractivity (Wildman–Crippen MR) is 133 cm³/mol. The third-order valence-corrected chi connectivity index (χ3v) is 7.85. The highest BCUT2D eigenvalue weighted by atomic mass is 35.5. The van der Waals surface area contributed by atoms with Gasteiger partial charge in [-0.1, -0.05) is 77.8 Å². The number of Topliss-reactive ketones (excluding diaryl/α,β-unsaturated/α-hetero) is 3. The zero-order valence-corrected chi connectivity index (χ0v) is 19.5. The molecule has 0 bridgehead atoms. The van der Waals surface area contributed by atoms with Crippen LogP contribution in [0.25, 0.3) is 6.08 Å². The summed E-state index contributed by atoms with van der Waals surface area (Å²) in [6, 6.07) is 19.1. The van der Waals surface area contributed by atoms with E-state index in [4.69, 9.17) is 11.6 Å². The van der Waals surface area contributed by atoms with Crippen LogP contribution < -0.4 is 4.90 Å². The first-order chi connectivity index (χ1) is 16.4. The first-order valence-electron chi connectivity index (χ1n) is 11.4. The Morgan fingerprint density at radius 3 is 2.21 bits per heavy atom. The molecule has 0 aromatic heterocycles. The molecule has 34 heavy (non-hydrogen) atoms. The summed E-state index contributed by atoms with van der Waals surface area (Å²) < 4.78 is 0. The topological polar surface area (TPSA) is 54.5 Å². The number of anilines is 1. The number of carbonyl (C=O) groups is 3. The first-order valence-corrected chi connectivity index (χ1v) is 11.7. The van der Waals surface area contributed by atoms with Crippen LogP contribution in [-0.4, -0.2) is 29.4 Å². The van der Waals surface area contributed by atoms with Gasteiger partial charge in [-0.25, -0.2) is 0 Å². The Hall–Kier alpha value is -3.50. The monoisotopic (exact) mass is 467 g/mol. The van der Waals surface area contributed by atoms with Crippen molar-refractivity contribution >= 4 is 40.7 Å². The van der Waals surface area contributed by atoms with Crippen molar-refractivity contribution in [1.29, 1.82) is 0 Å². The summed E-state index contributed by atoms with van der Waals surface area (Å²) in [5.41, 5.74) is 3.00. The lowest BCUT2D eigenvalue weighted by molar-refractivity contribution is -0.118. The van der Waals surface area contributed by atoms with Crippen LogP contribution in [0.15, 0.2) is 72.8 Å². The fraction of sp³-hybridized carbons (Fsp3) is 0.207. The Labute approximate surface area is 202 Å². The number of halogens is 1. The molecule has 5 heteroatoms. The van der Waals surface area contributed by atoms with Gasteiger partial charge in [0.25, 0.3) is 0 Å². The third-order valence-electron chi connectivity index (χ3n) is 7.62. The largest absolute Gasteiger partial charge is 0.352 e. The SMILES string of the molecule is CC(=O)[C@H]1[C@H](c2ccc(C)cc2)C2(C(=O)c3ccccc3C2=O)[C@@H]2C=Cc3cc(Cl)ccc3N21. The molecule has 2 heterocycles. The second-order valence-corrected chi connectivity index (χ2v) is 9.87. The summed E-state index contributed by atoms with van der Waals surface area (Å²) >= 11 is 6.26. The van der Waals surface area contributed by atoms with Gasteiger partial charge in [0, 0.05) is 27.8 Å². The molecule has 2 aliphatic heterocycles. The lowest BCUT2D eigenvalue weighted by atomic mass is 9.64. The highest BCUT2D eigenvalue weighted by Crippen LogP contribution is 2.60. The van der Waals surface area contributed by atoms with Crippen molar-refractivity contribution in [2.45, 2.75) is 31.8 Å². The number of fused-ring (bicyclic) bond motifs is 5. The highest BCUT2D eigenvalue weighted by Gasteiger charge is 2.71. The van der Waals surface area contributed by atoms with Crippen molar-refractivity contribution in [3.05, 3.63) is 106 Å². The molecule has 1 fully saturated rings. The zero-order valence-electron chi connectivity index (χ0n) is 18.8. The van der Waals surface area contributed by atoms with Crippen LogP contribution in [0, 0.1) is 12.3 Å². The summed E-state index contributed by atoms with van der Waals surface area (Å²) in [7, 11) is 0. The van der Waals surface area contributed by atoms with Crippen LogP contribution in [0.3, 0.4) is 0 Å². The summed E-state index contributed by atoms with van der Waals surface area (Å²) in [6.45, 7) is 3.54. The molecule has 168 valence electrons. The summed E-state index contributed by atoms with van der Waals surface area (Å²) in [5.74, 6) is -1.13. The maximum absolute atomic E-state index is 14.3. The summed E-state index contributed by atoms with van der Waals surface area (Å²) in [4.78, 5) is 43.8. The molecule has 0 saturated carbocycles. The minimum Gasteiger partial charge on any atom is -0.352 e. The van der Waals surface area contributed by atoms with Gasteiger partial charge in [0.1, 0.15) is 5.41 Å². The van der Waals surface area contributed by atoms with Crippen molar-refractivity contribution in [1.82, 2.24) is 0 Å². The van der Waals surface area contributed by atoms with Gasteiger partial charge in [-0.3, -0.25) is 14.4 Å². The van der Waals surface area contributed by atoms with Crippen LogP contribution in [0.2, 0.25) is 5.02 Å². The average molecular weight is 468 g/mol. The molecule has 0 unspecified atom stereocenters. The van der Waals surface area contributed by atoms with E-state index < -0.39 is 23.4 Å². The Bertz CT molecular complexity index is 1390. The van der Waals surface area contributed by atoms with Crippen LogP contribution in [0.5, 0.6) is 0 Å². The van der Waals surface area contributed by atoms with E-state index in [1.54, 1.807) is 37.3 Å². The van der Waals surface area contributed by atoms with E-state index in [-0.39, 0.29) is 17.3 Å². The number of aryl methyl sites for hydroxylation is 1. The van der Waals surface area contributed by atoms with E-state index in [1.807, 2.05) is 60.4 Å². The second kappa shape index (κ2) is 7.25. The smallest absolute Gasteiger partial charge is 0.180 e. The van der Waals surface area contributed by atoms with Gasteiger partial charge in [-0.05, 0) is 43.2 Å². The molecule has 0 radical (unpaired) electrons. The van der Waals surface area contributed by atoms with Gasteiger partial charge in [0.05, 0.1) is 12.1 Å². The van der Waals surface area contributed by atoms with Gasteiger partial charge in [-0.15, -0.1) is 0 Å². The molecule has 1 spiro atoms. The Balaban J connectivity index is 1.68. The number of benzene rings is 3. The van der Waals surface area contributed by atoms with Gasteiger partial charge in [0.15, 0.2) is 17.3 Å². The van der Waals surface area contributed by atoms with E-state index in [0.717, 1.165) is 22.4 Å². The zero-order chi connectivity index (χ0) is 23.8. The normalized spacial score (nSPS) is 23.7. The van der Waals surface area contributed by atoms with E-state index in [2.05, 4.69) is 0 Å². The van der Waals surface area contributed by atoms with Crippen molar-refractivity contribution < 1.29 is 14.4 Å². The van der Waals surface area contributed by atoms with Crippen LogP contribution in [0.1, 0.15) is 50.2 Å². The molecule has 3 aromatic rings. The van der Waals surface area contributed by atoms with Crippen molar-refractivity contribution in [3.63, 3.8) is 0 Å². The molecule has 3 aliphatic rings. The van der Waals surface area contributed by atoms with Gasteiger partial charge in [0.2, 0.25) is 0 Å². The number of hydrogen-bond acceptors (Lipinski definition) is 4. The Morgan fingerprint density at radius 2 is 1.59 bits per heavy atom. The lowest BCUT2D eigenvalue weighted by Gasteiger charge is -2.37. The average Bonchev–Trinajstić information content (AvgIpc) is 3.26. The predicted octanol–water partition coefficient (Wildman–Crippen LogP) is 5.67. The number of nitrogens with zero attached hydrogens (tertiary/aromatic N) is 1. The minimum absolute atomic E-state index is 0.0831. The molecule has 1 aliphatic carbocycles. The third kappa shape index (κ3) is 2.57. The van der Waals surface area contributed by atoms with Crippen LogP contribution >= 0.6 is 11.6 Å². The van der Waals surface area contributed by atoms with Crippen molar-refractivity contribution in [2.24, 2.45) is 5.41 Å². The second-order valence-electron chi connectivity index (χ2n) is 9.43. The maximum Gasteiger partial charge on any atom is 0.180 e. The molecule has 1 saturated heterocycles. The van der Waals surface area contributed by atoms with Gasteiger partial charge >= 0.3 is 0 Å². The van der Waals surface area contributed by atoms with Crippen LogP contribution in [0.4, 0.5) is 5.69 Å². The maximum atomic E-state index is 14.3. The molecule has 6 rings (SSSR count). The fourth-order valence-corrected chi connectivity index (χ4v) is 6.43. The van der Waals surface area contributed by atoms with Crippen molar-refractivity contribution in [2.75, 3.05) is 4.90 Å². The van der Waals surface area contributed by atoms with E-state index in [1.165, 1.54) is 0 Å². The number of hydrogen-bond donors (Lipinski definition) is 0.